The van der Waals surface area contributed by atoms with E-state index in [9.17, 15) is 0 Å². The summed E-state index contributed by atoms with van der Waals surface area (Å²) in [5, 5.41) is 6.53. The number of aromatic nitrogens is 2. The van der Waals surface area contributed by atoms with Crippen LogP contribution >= 0.6 is 0 Å². The van der Waals surface area contributed by atoms with Crippen LogP contribution in [0.25, 0.3) is 0 Å². The van der Waals surface area contributed by atoms with Crippen molar-refractivity contribution in [2.45, 2.75) is 0 Å². The van der Waals surface area contributed by atoms with E-state index in [1.807, 2.05) is 74.8 Å². The van der Waals surface area contributed by atoms with E-state index in [4.69, 9.17) is 4.74 Å². The van der Waals surface area contributed by atoms with Crippen LogP contribution in [-0.4, -0.2) is 42.1 Å². The van der Waals surface area contributed by atoms with Crippen LogP contribution in [0.15, 0.2) is 66.9 Å². The van der Waals surface area contributed by atoms with Gasteiger partial charge in [-0.1, -0.05) is 30.3 Å². The number of rotatable bonds is 8. The summed E-state index contributed by atoms with van der Waals surface area (Å²) in [6.45, 7) is 1.69. The summed E-state index contributed by atoms with van der Waals surface area (Å²) < 4.78 is 5.98. The van der Waals surface area contributed by atoms with Gasteiger partial charge in [-0.25, -0.2) is 4.98 Å². The Labute approximate surface area is 153 Å². The third kappa shape index (κ3) is 5.19. The van der Waals surface area contributed by atoms with E-state index in [1.54, 1.807) is 6.20 Å². The molecule has 0 fully saturated rings. The van der Waals surface area contributed by atoms with Gasteiger partial charge in [0, 0.05) is 19.3 Å². The highest BCUT2D eigenvalue weighted by atomic mass is 16.5. The molecule has 0 aliphatic carbocycles. The number of hydrogen-bond acceptors (Lipinski definition) is 6. The van der Waals surface area contributed by atoms with E-state index in [-0.39, 0.29) is 0 Å². The lowest BCUT2D eigenvalue weighted by molar-refractivity contribution is 0.425. The zero-order chi connectivity index (χ0) is 18.2. The molecule has 3 aromatic rings. The Morgan fingerprint density at radius 1 is 0.962 bits per heavy atom. The number of nitrogens with one attached hydrogen (secondary N) is 2. The first kappa shape index (κ1) is 17.7. The Morgan fingerprint density at radius 3 is 2.54 bits per heavy atom. The normalized spacial score (nSPS) is 10.6. The second kappa shape index (κ2) is 8.82. The maximum atomic E-state index is 5.98. The summed E-state index contributed by atoms with van der Waals surface area (Å²) in [6.07, 6.45) is 1.73. The minimum absolute atomic E-state index is 0.596. The Balaban J connectivity index is 1.71. The third-order valence-electron chi connectivity index (χ3n) is 3.62. The molecule has 0 amide bonds. The molecule has 2 N–H and O–H groups in total. The standard InChI is InChI=1S/C20H23N5O/c1-25(2)15-14-22-20-21-13-12-19(24-20)23-17-10-6-7-11-18(17)26-16-8-4-3-5-9-16/h3-13H,14-15H2,1-2H3,(H2,21,22,23,24). The Hall–Kier alpha value is -3.12. The SMILES string of the molecule is CN(C)CCNc1nccc(Nc2ccccc2Oc2ccccc2)n1. The van der Waals surface area contributed by atoms with Gasteiger partial charge in [0.2, 0.25) is 5.95 Å². The Kier molecular flexibility index (Phi) is 6.01. The van der Waals surface area contributed by atoms with Crippen LogP contribution < -0.4 is 15.4 Å². The first-order valence-electron chi connectivity index (χ1n) is 8.51. The second-order valence-corrected chi connectivity index (χ2v) is 6.03. The average Bonchev–Trinajstić information content (AvgIpc) is 2.64. The van der Waals surface area contributed by atoms with Gasteiger partial charge in [0.15, 0.2) is 5.75 Å². The summed E-state index contributed by atoms with van der Waals surface area (Å²) in [6, 6.07) is 19.3. The molecule has 3 rings (SSSR count). The van der Waals surface area contributed by atoms with Crippen LogP contribution in [0.2, 0.25) is 0 Å². The maximum Gasteiger partial charge on any atom is 0.224 e. The lowest BCUT2D eigenvalue weighted by atomic mass is 10.3. The number of ether oxygens (including phenoxy) is 1. The van der Waals surface area contributed by atoms with Gasteiger partial charge in [0.25, 0.3) is 0 Å². The number of anilines is 3. The van der Waals surface area contributed by atoms with Crippen LogP contribution in [0.1, 0.15) is 0 Å². The van der Waals surface area contributed by atoms with Gasteiger partial charge in [-0.3, -0.25) is 0 Å². The van der Waals surface area contributed by atoms with Gasteiger partial charge in [0.05, 0.1) is 5.69 Å². The van der Waals surface area contributed by atoms with E-state index in [0.29, 0.717) is 11.8 Å². The molecule has 0 saturated heterocycles. The molecule has 0 unspecified atom stereocenters. The Morgan fingerprint density at radius 2 is 1.73 bits per heavy atom. The number of nitrogens with zero attached hydrogens (tertiary/aromatic N) is 3. The zero-order valence-corrected chi connectivity index (χ0v) is 15.0. The predicted octanol–water partition coefficient (Wildman–Crippen LogP) is 3.99. The van der Waals surface area contributed by atoms with Crippen molar-refractivity contribution in [2.75, 3.05) is 37.8 Å². The van der Waals surface area contributed by atoms with E-state index in [0.717, 1.165) is 30.3 Å². The molecule has 0 atom stereocenters. The van der Waals surface area contributed by atoms with Crippen LogP contribution in [0.3, 0.4) is 0 Å². The van der Waals surface area contributed by atoms with Crippen molar-refractivity contribution in [1.82, 2.24) is 14.9 Å². The van der Waals surface area contributed by atoms with Gasteiger partial charge in [-0.15, -0.1) is 0 Å². The molecule has 6 nitrogen and oxygen atoms in total. The molecular weight excluding hydrogens is 326 g/mol. The number of para-hydroxylation sites is 3. The molecule has 26 heavy (non-hydrogen) atoms. The van der Waals surface area contributed by atoms with Crippen molar-refractivity contribution in [1.29, 1.82) is 0 Å². The molecule has 2 aromatic carbocycles. The monoisotopic (exact) mass is 349 g/mol. The molecule has 134 valence electrons. The largest absolute Gasteiger partial charge is 0.455 e. The lowest BCUT2D eigenvalue weighted by Crippen LogP contribution is -2.21. The first-order valence-corrected chi connectivity index (χ1v) is 8.51. The lowest BCUT2D eigenvalue weighted by Gasteiger charge is -2.13. The smallest absolute Gasteiger partial charge is 0.224 e. The minimum atomic E-state index is 0.596. The van der Waals surface area contributed by atoms with Crippen molar-refractivity contribution in [3.05, 3.63) is 66.9 Å². The minimum Gasteiger partial charge on any atom is -0.455 e. The van der Waals surface area contributed by atoms with E-state index in [1.165, 1.54) is 0 Å². The van der Waals surface area contributed by atoms with E-state index in [2.05, 4.69) is 25.5 Å². The average molecular weight is 349 g/mol. The molecule has 0 spiro atoms. The number of benzene rings is 2. The summed E-state index contributed by atoms with van der Waals surface area (Å²) in [7, 11) is 4.06. The fourth-order valence-corrected chi connectivity index (χ4v) is 2.32. The Bertz CT molecular complexity index is 823. The fraction of sp³-hybridized carbons (Fsp3) is 0.200. The van der Waals surface area contributed by atoms with Crippen molar-refractivity contribution in [3.63, 3.8) is 0 Å². The van der Waals surface area contributed by atoms with Gasteiger partial charge in [-0.05, 0) is 44.4 Å². The quantitative estimate of drug-likeness (QED) is 0.641. The molecule has 0 saturated carbocycles. The highest BCUT2D eigenvalue weighted by molar-refractivity contribution is 5.65. The third-order valence-corrected chi connectivity index (χ3v) is 3.62. The fourth-order valence-electron chi connectivity index (χ4n) is 2.32. The van der Waals surface area contributed by atoms with Gasteiger partial charge >= 0.3 is 0 Å². The van der Waals surface area contributed by atoms with Crippen LogP contribution in [-0.2, 0) is 0 Å². The number of hydrogen-bond donors (Lipinski definition) is 2. The summed E-state index contributed by atoms with van der Waals surface area (Å²) in [4.78, 5) is 10.9. The van der Waals surface area contributed by atoms with E-state index >= 15 is 0 Å². The van der Waals surface area contributed by atoms with Crippen molar-refractivity contribution in [2.24, 2.45) is 0 Å². The van der Waals surface area contributed by atoms with Gasteiger partial charge in [0.1, 0.15) is 11.6 Å². The second-order valence-electron chi connectivity index (χ2n) is 6.03. The molecule has 0 bridgehead atoms. The topological polar surface area (TPSA) is 62.3 Å². The molecular formula is C20H23N5O. The number of likely N-dealkylation sites (N-methyl/N-ethyl adjacent to an activating group) is 1. The van der Waals surface area contributed by atoms with Crippen molar-refractivity contribution < 1.29 is 4.74 Å². The molecule has 1 aromatic heterocycles. The van der Waals surface area contributed by atoms with E-state index < -0.39 is 0 Å². The van der Waals surface area contributed by atoms with Crippen molar-refractivity contribution >= 4 is 17.5 Å². The summed E-state index contributed by atoms with van der Waals surface area (Å²) in [5.41, 5.74) is 0.842. The predicted molar refractivity (Wildman–Crippen MR) is 105 cm³/mol. The molecule has 0 aliphatic heterocycles. The van der Waals surface area contributed by atoms with Gasteiger partial charge in [-0.2, -0.15) is 4.98 Å². The maximum absolute atomic E-state index is 5.98. The zero-order valence-electron chi connectivity index (χ0n) is 15.0. The summed E-state index contributed by atoms with van der Waals surface area (Å²) in [5.74, 6) is 2.82. The molecule has 0 aliphatic rings. The van der Waals surface area contributed by atoms with Crippen LogP contribution in [0.5, 0.6) is 11.5 Å². The van der Waals surface area contributed by atoms with Crippen LogP contribution in [0, 0.1) is 0 Å². The van der Waals surface area contributed by atoms with Crippen LogP contribution in [0.4, 0.5) is 17.5 Å². The summed E-state index contributed by atoms with van der Waals surface area (Å²) >= 11 is 0. The highest BCUT2D eigenvalue weighted by Crippen LogP contribution is 2.30. The first-order chi connectivity index (χ1) is 12.7. The molecule has 1 heterocycles. The molecule has 0 radical (unpaired) electrons. The highest BCUT2D eigenvalue weighted by Gasteiger charge is 2.06. The molecule has 6 heteroatoms. The van der Waals surface area contributed by atoms with Gasteiger partial charge < -0.3 is 20.3 Å². The van der Waals surface area contributed by atoms with Crippen molar-refractivity contribution in [3.8, 4) is 11.5 Å².